The van der Waals surface area contributed by atoms with Crippen LogP contribution in [0.5, 0.6) is 0 Å². The smallest absolute Gasteiger partial charge is 0.171 e. The van der Waals surface area contributed by atoms with Gasteiger partial charge in [0.1, 0.15) is 10.7 Å². The lowest BCUT2D eigenvalue weighted by Gasteiger charge is -2.44. The highest BCUT2D eigenvalue weighted by atomic mass is 35.5. The highest BCUT2D eigenvalue weighted by molar-refractivity contribution is 6.82. The molecule has 0 unspecified atom stereocenters. The van der Waals surface area contributed by atoms with Crippen LogP contribution >= 0.6 is 23.2 Å². The van der Waals surface area contributed by atoms with Crippen LogP contribution in [-0.4, -0.2) is 22.4 Å². The van der Waals surface area contributed by atoms with Crippen LogP contribution in [0.4, 0.5) is 0 Å². The lowest BCUT2D eigenvalue weighted by atomic mass is 10.5. The van der Waals surface area contributed by atoms with Gasteiger partial charge in [-0.1, -0.05) is 64.7 Å². The average molecular weight is 344 g/mol. The summed E-state index contributed by atoms with van der Waals surface area (Å²) in [4.78, 5) is 8.89. The molecule has 116 valence electrons. The first-order chi connectivity index (χ1) is 9.72. The van der Waals surface area contributed by atoms with Gasteiger partial charge in [0.2, 0.25) is 0 Å². The summed E-state index contributed by atoms with van der Waals surface area (Å²) in [5, 5.41) is 1.02. The second kappa shape index (κ2) is 5.90. The van der Waals surface area contributed by atoms with E-state index in [1.54, 1.807) is 6.20 Å². The van der Waals surface area contributed by atoms with Crippen molar-refractivity contribution in [3.8, 4) is 0 Å². The molecule has 2 aromatic rings. The normalized spacial score (nSPS) is 13.1. The average Bonchev–Trinajstić information content (AvgIpc) is 2.66. The minimum atomic E-state index is -1.88. The van der Waals surface area contributed by atoms with Crippen molar-refractivity contribution < 1.29 is 0 Å². The minimum Gasteiger partial charge on any atom is -0.356 e. The Hall–Kier alpha value is -0.583. The molecule has 0 N–H and O–H groups in total. The SMILES string of the molecule is CC(C)[Si](C(C)C)(C(C)C)n1cc(Cl)c2nc(Cl)cnc21. The second-order valence-electron chi connectivity index (χ2n) is 6.56. The number of rotatable bonds is 4. The summed E-state index contributed by atoms with van der Waals surface area (Å²) in [6.45, 7) is 13.9. The third kappa shape index (κ3) is 2.51. The van der Waals surface area contributed by atoms with Gasteiger partial charge in [0, 0.05) is 6.20 Å². The van der Waals surface area contributed by atoms with E-state index in [0.29, 0.717) is 32.3 Å². The van der Waals surface area contributed by atoms with E-state index in [2.05, 4.69) is 55.7 Å². The Kier molecular flexibility index (Phi) is 4.71. The Labute approximate surface area is 137 Å². The maximum Gasteiger partial charge on any atom is 0.171 e. The molecule has 0 bridgehead atoms. The van der Waals surface area contributed by atoms with Crippen LogP contribution in [-0.2, 0) is 0 Å². The first kappa shape index (κ1) is 16.8. The summed E-state index contributed by atoms with van der Waals surface area (Å²) in [7, 11) is -1.88. The third-order valence-electron chi connectivity index (χ3n) is 4.61. The largest absolute Gasteiger partial charge is 0.356 e. The zero-order chi connectivity index (χ0) is 15.9. The molecule has 2 aromatic heterocycles. The molecule has 21 heavy (non-hydrogen) atoms. The van der Waals surface area contributed by atoms with E-state index < -0.39 is 8.24 Å². The molecule has 0 atom stereocenters. The third-order valence-corrected chi connectivity index (χ3v) is 11.8. The van der Waals surface area contributed by atoms with Crippen molar-refractivity contribution in [1.29, 1.82) is 0 Å². The summed E-state index contributed by atoms with van der Waals surface area (Å²) >= 11 is 12.4. The zero-order valence-electron chi connectivity index (χ0n) is 13.5. The maximum atomic E-state index is 6.41. The number of aromatic nitrogens is 3. The molecule has 0 fully saturated rings. The first-order valence-corrected chi connectivity index (χ1v) is 10.4. The van der Waals surface area contributed by atoms with Gasteiger partial charge in [-0.2, -0.15) is 0 Å². The van der Waals surface area contributed by atoms with Gasteiger partial charge in [0.25, 0.3) is 0 Å². The van der Waals surface area contributed by atoms with Crippen molar-refractivity contribution in [2.45, 2.75) is 58.2 Å². The van der Waals surface area contributed by atoms with Crippen LogP contribution < -0.4 is 0 Å². The molecular formula is C15H23Cl2N3Si. The molecule has 0 aliphatic carbocycles. The minimum absolute atomic E-state index is 0.382. The molecule has 0 saturated heterocycles. The first-order valence-electron chi connectivity index (χ1n) is 7.42. The fourth-order valence-corrected chi connectivity index (χ4v) is 11.1. The number of nitrogens with zero attached hydrogens (tertiary/aromatic N) is 3. The topological polar surface area (TPSA) is 30.7 Å². The molecule has 3 nitrogen and oxygen atoms in total. The molecule has 0 radical (unpaired) electrons. The van der Waals surface area contributed by atoms with Crippen molar-refractivity contribution >= 4 is 42.6 Å². The highest BCUT2D eigenvalue weighted by Gasteiger charge is 2.46. The number of halogens is 2. The Balaban J connectivity index is 2.83. The zero-order valence-corrected chi connectivity index (χ0v) is 16.0. The van der Waals surface area contributed by atoms with E-state index in [4.69, 9.17) is 23.2 Å². The fourth-order valence-electron chi connectivity index (χ4n) is 4.06. The van der Waals surface area contributed by atoms with Gasteiger partial charge >= 0.3 is 0 Å². The summed E-state index contributed by atoms with van der Waals surface area (Å²) in [5.74, 6) is 0. The van der Waals surface area contributed by atoms with Crippen molar-refractivity contribution in [3.05, 3.63) is 22.6 Å². The van der Waals surface area contributed by atoms with Crippen LogP contribution in [0.2, 0.25) is 26.8 Å². The molecule has 0 saturated carbocycles. The maximum absolute atomic E-state index is 6.41. The van der Waals surface area contributed by atoms with E-state index in [-0.39, 0.29) is 0 Å². The van der Waals surface area contributed by atoms with Gasteiger partial charge in [-0.3, -0.25) is 0 Å². The van der Waals surface area contributed by atoms with Gasteiger partial charge in [-0.25, -0.2) is 9.97 Å². The second-order valence-corrected chi connectivity index (χ2v) is 13.1. The van der Waals surface area contributed by atoms with Gasteiger partial charge < -0.3 is 4.23 Å². The van der Waals surface area contributed by atoms with E-state index >= 15 is 0 Å². The van der Waals surface area contributed by atoms with Crippen molar-refractivity contribution in [2.75, 3.05) is 0 Å². The molecule has 6 heteroatoms. The van der Waals surface area contributed by atoms with E-state index in [9.17, 15) is 0 Å². The van der Waals surface area contributed by atoms with Crippen LogP contribution in [0.1, 0.15) is 41.5 Å². The van der Waals surface area contributed by atoms with Crippen molar-refractivity contribution in [2.24, 2.45) is 0 Å². The van der Waals surface area contributed by atoms with Crippen molar-refractivity contribution in [1.82, 2.24) is 14.2 Å². The Morgan fingerprint density at radius 2 is 1.52 bits per heavy atom. The molecular weight excluding hydrogens is 321 g/mol. The Morgan fingerprint density at radius 3 is 2.00 bits per heavy atom. The Morgan fingerprint density at radius 1 is 1.00 bits per heavy atom. The molecule has 2 heterocycles. The van der Waals surface area contributed by atoms with E-state index in [1.807, 2.05) is 6.20 Å². The molecule has 0 amide bonds. The van der Waals surface area contributed by atoms with Crippen LogP contribution in [0.25, 0.3) is 11.2 Å². The summed E-state index contributed by atoms with van der Waals surface area (Å²) in [6, 6.07) is 0. The number of hydrogen-bond donors (Lipinski definition) is 0. The summed E-state index contributed by atoms with van der Waals surface area (Å²) in [6.07, 6.45) is 3.63. The lowest BCUT2D eigenvalue weighted by molar-refractivity contribution is 0.770. The predicted octanol–water partition coefficient (Wildman–Crippen LogP) is 5.76. The van der Waals surface area contributed by atoms with Crippen molar-refractivity contribution in [3.63, 3.8) is 0 Å². The Bertz CT molecular complexity index is 628. The van der Waals surface area contributed by atoms with Gasteiger partial charge in [0.05, 0.1) is 11.2 Å². The van der Waals surface area contributed by atoms with Gasteiger partial charge in [0.15, 0.2) is 13.9 Å². The monoisotopic (exact) mass is 343 g/mol. The quantitative estimate of drug-likeness (QED) is 0.660. The fraction of sp³-hybridized carbons (Fsp3) is 0.600. The molecule has 0 spiro atoms. The number of fused-ring (bicyclic) bond motifs is 1. The van der Waals surface area contributed by atoms with Crippen LogP contribution in [0, 0.1) is 0 Å². The summed E-state index contributed by atoms with van der Waals surface area (Å²) < 4.78 is 2.36. The molecule has 2 rings (SSSR count). The highest BCUT2D eigenvalue weighted by Crippen LogP contribution is 2.44. The van der Waals surface area contributed by atoms with Crippen LogP contribution in [0.15, 0.2) is 12.4 Å². The number of hydrogen-bond acceptors (Lipinski definition) is 2. The van der Waals surface area contributed by atoms with Crippen LogP contribution in [0.3, 0.4) is 0 Å². The summed E-state index contributed by atoms with van der Waals surface area (Å²) in [5.41, 5.74) is 3.29. The predicted molar refractivity (Wildman–Crippen MR) is 94.0 cm³/mol. The lowest BCUT2D eigenvalue weighted by Crippen LogP contribution is -2.51. The van der Waals surface area contributed by atoms with Gasteiger partial charge in [-0.15, -0.1) is 0 Å². The van der Waals surface area contributed by atoms with E-state index in [0.717, 1.165) is 5.65 Å². The molecule has 0 aliphatic rings. The van der Waals surface area contributed by atoms with Gasteiger partial charge in [-0.05, 0) is 16.6 Å². The molecule has 0 aromatic carbocycles. The standard InChI is InChI=1S/C15H23Cl2N3Si/c1-9(2)21(10(3)4,11(5)6)20-8-12(16)14-15(20)18-7-13(17)19-14/h7-11H,1-6H3. The molecule has 0 aliphatic heterocycles. The van der Waals surface area contributed by atoms with E-state index in [1.165, 1.54) is 0 Å².